The van der Waals surface area contributed by atoms with Gasteiger partial charge in [0.2, 0.25) is 0 Å². The number of nitrogens with one attached hydrogen (secondary N) is 2. The highest BCUT2D eigenvalue weighted by Crippen LogP contribution is 2.18. The molecule has 2 rings (SSSR count). The molecule has 0 radical (unpaired) electrons. The molecular formula is C15H13ClN2O3. The Morgan fingerprint density at radius 3 is 2.33 bits per heavy atom. The topological polar surface area (TPSA) is 78.4 Å². The number of carbonyl (C=O) groups is 2. The maximum atomic E-state index is 11.9. The molecule has 0 aliphatic rings. The first-order valence-corrected chi connectivity index (χ1v) is 6.51. The standard InChI is InChI=1S/C15H13ClN2O3/c1-9-2-7-13(12(8-9)14(19)20)18-15(21)17-11-5-3-10(16)4-6-11/h2-8H,1H3,(H,19,20)(H2,17,18,21). The Kier molecular flexibility index (Phi) is 4.45. The molecule has 0 heterocycles. The number of carbonyl (C=O) groups excluding carboxylic acids is 1. The summed E-state index contributed by atoms with van der Waals surface area (Å²) in [4.78, 5) is 23.0. The van der Waals surface area contributed by atoms with Gasteiger partial charge in [-0.05, 0) is 43.3 Å². The van der Waals surface area contributed by atoms with E-state index < -0.39 is 12.0 Å². The zero-order valence-corrected chi connectivity index (χ0v) is 11.9. The number of halogens is 1. The van der Waals surface area contributed by atoms with E-state index in [1.165, 1.54) is 6.07 Å². The van der Waals surface area contributed by atoms with E-state index in [9.17, 15) is 9.59 Å². The number of anilines is 2. The van der Waals surface area contributed by atoms with Crippen molar-refractivity contribution in [3.63, 3.8) is 0 Å². The van der Waals surface area contributed by atoms with Crippen molar-refractivity contribution in [2.24, 2.45) is 0 Å². The second kappa shape index (κ2) is 6.28. The zero-order chi connectivity index (χ0) is 15.4. The van der Waals surface area contributed by atoms with Crippen LogP contribution in [0.3, 0.4) is 0 Å². The third kappa shape index (κ3) is 3.97. The minimum absolute atomic E-state index is 0.0428. The average Bonchev–Trinajstić information content (AvgIpc) is 2.43. The fourth-order valence-electron chi connectivity index (χ4n) is 1.76. The molecule has 0 saturated heterocycles. The quantitative estimate of drug-likeness (QED) is 0.802. The molecule has 0 saturated carbocycles. The van der Waals surface area contributed by atoms with E-state index in [1.54, 1.807) is 43.3 Å². The van der Waals surface area contributed by atoms with Crippen LogP contribution in [0.25, 0.3) is 0 Å². The summed E-state index contributed by atoms with van der Waals surface area (Å²) in [5.41, 5.74) is 1.64. The van der Waals surface area contributed by atoms with Gasteiger partial charge in [-0.25, -0.2) is 9.59 Å². The highest BCUT2D eigenvalue weighted by atomic mass is 35.5. The van der Waals surface area contributed by atoms with Crippen molar-refractivity contribution >= 4 is 35.0 Å². The fourth-order valence-corrected chi connectivity index (χ4v) is 1.89. The molecule has 3 N–H and O–H groups in total. The summed E-state index contributed by atoms with van der Waals surface area (Å²) in [6.45, 7) is 1.78. The first-order chi connectivity index (χ1) is 9.95. The zero-order valence-electron chi connectivity index (χ0n) is 11.2. The van der Waals surface area contributed by atoms with E-state index in [1.807, 2.05) is 0 Å². The van der Waals surface area contributed by atoms with Crippen molar-refractivity contribution in [3.8, 4) is 0 Å². The Morgan fingerprint density at radius 1 is 1.05 bits per heavy atom. The molecule has 2 aromatic carbocycles. The SMILES string of the molecule is Cc1ccc(NC(=O)Nc2ccc(Cl)cc2)c(C(=O)O)c1. The predicted octanol–water partition coefficient (Wildman–Crippen LogP) is 3.99. The first kappa shape index (κ1) is 14.9. The summed E-state index contributed by atoms with van der Waals surface area (Å²) in [6, 6.07) is 10.8. The molecule has 0 fully saturated rings. The summed E-state index contributed by atoms with van der Waals surface area (Å²) < 4.78 is 0. The molecule has 21 heavy (non-hydrogen) atoms. The Bertz CT molecular complexity index is 684. The maximum Gasteiger partial charge on any atom is 0.337 e. The van der Waals surface area contributed by atoms with Crippen molar-refractivity contribution < 1.29 is 14.7 Å². The second-order valence-corrected chi connectivity index (χ2v) is 4.88. The van der Waals surface area contributed by atoms with Crippen LogP contribution in [0.2, 0.25) is 5.02 Å². The third-order valence-electron chi connectivity index (χ3n) is 2.76. The molecule has 2 aromatic rings. The maximum absolute atomic E-state index is 11.9. The van der Waals surface area contributed by atoms with Crippen LogP contribution in [0, 0.1) is 6.92 Å². The Morgan fingerprint density at radius 2 is 1.71 bits per heavy atom. The van der Waals surface area contributed by atoms with Gasteiger partial charge in [0.05, 0.1) is 11.3 Å². The lowest BCUT2D eigenvalue weighted by molar-refractivity contribution is 0.0698. The number of hydrogen-bond donors (Lipinski definition) is 3. The minimum atomic E-state index is -1.10. The Labute approximate surface area is 126 Å². The van der Waals surface area contributed by atoms with Crippen LogP contribution in [-0.2, 0) is 0 Å². The number of hydrogen-bond acceptors (Lipinski definition) is 2. The van der Waals surface area contributed by atoms with Gasteiger partial charge < -0.3 is 15.7 Å². The van der Waals surface area contributed by atoms with Crippen LogP contribution < -0.4 is 10.6 Å². The van der Waals surface area contributed by atoms with Crippen molar-refractivity contribution in [3.05, 3.63) is 58.6 Å². The number of amides is 2. The summed E-state index contributed by atoms with van der Waals surface area (Å²) >= 11 is 5.75. The number of aryl methyl sites for hydroxylation is 1. The van der Waals surface area contributed by atoms with Gasteiger partial charge in [-0.2, -0.15) is 0 Å². The molecule has 0 aliphatic heterocycles. The molecule has 2 amide bonds. The van der Waals surface area contributed by atoms with E-state index in [2.05, 4.69) is 10.6 Å². The van der Waals surface area contributed by atoms with E-state index >= 15 is 0 Å². The molecule has 0 atom stereocenters. The van der Waals surface area contributed by atoms with Crippen molar-refractivity contribution in [1.29, 1.82) is 0 Å². The van der Waals surface area contributed by atoms with E-state index in [0.29, 0.717) is 10.7 Å². The van der Waals surface area contributed by atoms with Crippen LogP contribution in [0.15, 0.2) is 42.5 Å². The molecule has 0 bridgehead atoms. The number of carboxylic acid groups (broad SMARTS) is 1. The summed E-state index contributed by atoms with van der Waals surface area (Å²) in [5.74, 6) is -1.10. The highest BCUT2D eigenvalue weighted by Gasteiger charge is 2.12. The molecule has 5 nitrogen and oxygen atoms in total. The summed E-state index contributed by atoms with van der Waals surface area (Å²) in [5, 5.41) is 14.8. The van der Waals surface area contributed by atoms with Gasteiger partial charge in [0, 0.05) is 10.7 Å². The molecule has 0 spiro atoms. The fraction of sp³-hybridized carbons (Fsp3) is 0.0667. The highest BCUT2D eigenvalue weighted by molar-refractivity contribution is 6.30. The van der Waals surface area contributed by atoms with Crippen LogP contribution in [0.5, 0.6) is 0 Å². The van der Waals surface area contributed by atoms with Gasteiger partial charge >= 0.3 is 12.0 Å². The molecule has 0 aromatic heterocycles. The average molecular weight is 305 g/mol. The smallest absolute Gasteiger partial charge is 0.337 e. The van der Waals surface area contributed by atoms with E-state index in [4.69, 9.17) is 16.7 Å². The summed E-state index contributed by atoms with van der Waals surface area (Å²) in [7, 11) is 0. The van der Waals surface area contributed by atoms with E-state index in [-0.39, 0.29) is 11.3 Å². The van der Waals surface area contributed by atoms with Crippen LogP contribution >= 0.6 is 11.6 Å². The van der Waals surface area contributed by atoms with Gasteiger partial charge in [-0.3, -0.25) is 0 Å². The number of rotatable bonds is 3. The number of carboxylic acids is 1. The molecule has 0 unspecified atom stereocenters. The summed E-state index contributed by atoms with van der Waals surface area (Å²) in [6.07, 6.45) is 0. The predicted molar refractivity (Wildman–Crippen MR) is 82.2 cm³/mol. The largest absolute Gasteiger partial charge is 0.478 e. The Balaban J connectivity index is 2.12. The minimum Gasteiger partial charge on any atom is -0.478 e. The first-order valence-electron chi connectivity index (χ1n) is 6.13. The van der Waals surface area contributed by atoms with Crippen LogP contribution in [-0.4, -0.2) is 17.1 Å². The van der Waals surface area contributed by atoms with Gasteiger partial charge in [-0.15, -0.1) is 0 Å². The number of benzene rings is 2. The lowest BCUT2D eigenvalue weighted by Crippen LogP contribution is -2.21. The molecule has 0 aliphatic carbocycles. The van der Waals surface area contributed by atoms with Crippen molar-refractivity contribution in [2.75, 3.05) is 10.6 Å². The molecular weight excluding hydrogens is 292 g/mol. The monoisotopic (exact) mass is 304 g/mol. The Hall–Kier alpha value is -2.53. The lowest BCUT2D eigenvalue weighted by atomic mass is 10.1. The lowest BCUT2D eigenvalue weighted by Gasteiger charge is -2.10. The molecule has 108 valence electrons. The number of urea groups is 1. The second-order valence-electron chi connectivity index (χ2n) is 4.44. The van der Waals surface area contributed by atoms with Gasteiger partial charge in [0.1, 0.15) is 0 Å². The van der Waals surface area contributed by atoms with Crippen molar-refractivity contribution in [2.45, 2.75) is 6.92 Å². The van der Waals surface area contributed by atoms with Gasteiger partial charge in [0.15, 0.2) is 0 Å². The third-order valence-corrected chi connectivity index (χ3v) is 3.01. The van der Waals surface area contributed by atoms with Crippen LogP contribution in [0.4, 0.5) is 16.2 Å². The van der Waals surface area contributed by atoms with E-state index in [0.717, 1.165) is 5.56 Å². The normalized spacial score (nSPS) is 10.0. The van der Waals surface area contributed by atoms with Crippen molar-refractivity contribution in [1.82, 2.24) is 0 Å². The van der Waals surface area contributed by atoms with Crippen LogP contribution in [0.1, 0.15) is 15.9 Å². The van der Waals surface area contributed by atoms with Gasteiger partial charge in [-0.1, -0.05) is 23.2 Å². The number of aromatic carboxylic acids is 1. The molecule has 6 heteroatoms. The van der Waals surface area contributed by atoms with Gasteiger partial charge in [0.25, 0.3) is 0 Å².